The Labute approximate surface area is 222 Å². The molecule has 1 saturated carbocycles. The van der Waals surface area contributed by atoms with E-state index >= 15 is 0 Å². The molecule has 6 nitrogen and oxygen atoms in total. The number of nitrogens with zero attached hydrogens (tertiary/aromatic N) is 4. The lowest BCUT2D eigenvalue weighted by molar-refractivity contribution is -0.126. The van der Waals surface area contributed by atoms with Crippen LogP contribution in [0.15, 0.2) is 83.0 Å². The van der Waals surface area contributed by atoms with E-state index in [1.54, 1.807) is 68.4 Å². The van der Waals surface area contributed by atoms with Crippen molar-refractivity contribution in [2.45, 2.75) is 19.8 Å². The third kappa shape index (κ3) is 2.80. The molecule has 3 aromatic carbocycles. The van der Waals surface area contributed by atoms with Crippen LogP contribution < -0.4 is 10.0 Å². The molecule has 0 bridgehead atoms. The Kier molecular flexibility index (Phi) is 5.10. The second-order valence-electron chi connectivity index (χ2n) is 9.13. The van der Waals surface area contributed by atoms with Gasteiger partial charge in [-0.05, 0) is 74.0 Å². The van der Waals surface area contributed by atoms with Crippen molar-refractivity contribution in [3.05, 3.63) is 93.4 Å². The minimum atomic E-state index is -1.26. The van der Waals surface area contributed by atoms with Gasteiger partial charge in [0.25, 0.3) is 11.8 Å². The lowest BCUT2D eigenvalue weighted by atomic mass is 9.85. The maximum Gasteiger partial charge on any atom is 0.261 e. The van der Waals surface area contributed by atoms with Crippen LogP contribution in [0.2, 0.25) is 15.1 Å². The van der Waals surface area contributed by atoms with E-state index in [9.17, 15) is 9.59 Å². The number of amides is 2. The molecule has 1 fully saturated rings. The third-order valence-electron chi connectivity index (χ3n) is 7.46. The fourth-order valence-electron chi connectivity index (χ4n) is 5.93. The average molecular weight is 538 g/mol. The maximum absolute atomic E-state index is 14.3. The SMILES string of the molecule is CC1=NN(c2ccc(Cl)cc2)C(=O)[C@]12C(c1ccccc1Cl)[C@]21C(=O)N(c2ccc(Cl)cc2)N=C1C. The quantitative estimate of drug-likeness (QED) is 0.380. The molecule has 2 aliphatic heterocycles. The van der Waals surface area contributed by atoms with Crippen LogP contribution >= 0.6 is 34.8 Å². The molecular formula is C27H19Cl3N4O2. The summed E-state index contributed by atoms with van der Waals surface area (Å²) in [7, 11) is 0. The van der Waals surface area contributed by atoms with Crippen molar-refractivity contribution in [3.8, 4) is 0 Å². The van der Waals surface area contributed by atoms with Crippen LogP contribution in [0.3, 0.4) is 0 Å². The van der Waals surface area contributed by atoms with E-state index < -0.39 is 16.7 Å². The van der Waals surface area contributed by atoms with Crippen molar-refractivity contribution >= 4 is 69.4 Å². The summed E-state index contributed by atoms with van der Waals surface area (Å²) in [5.41, 5.74) is 0.389. The second kappa shape index (κ2) is 7.90. The summed E-state index contributed by atoms with van der Waals surface area (Å²) in [6.07, 6.45) is 0. The summed E-state index contributed by atoms with van der Waals surface area (Å²) < 4.78 is 0. The molecule has 3 aliphatic rings. The third-order valence-corrected chi connectivity index (χ3v) is 8.31. The van der Waals surface area contributed by atoms with E-state index in [2.05, 4.69) is 10.2 Å². The first-order chi connectivity index (χ1) is 17.2. The normalized spacial score (nSPS) is 26.8. The van der Waals surface area contributed by atoms with Gasteiger partial charge >= 0.3 is 0 Å². The number of carbonyl (C=O) groups is 2. The molecule has 0 radical (unpaired) electrons. The Morgan fingerprint density at radius 3 is 1.50 bits per heavy atom. The van der Waals surface area contributed by atoms with Gasteiger partial charge in [-0.1, -0.05) is 53.0 Å². The van der Waals surface area contributed by atoms with Gasteiger partial charge in [0, 0.05) is 21.0 Å². The highest BCUT2D eigenvalue weighted by atomic mass is 35.5. The van der Waals surface area contributed by atoms with Crippen molar-refractivity contribution < 1.29 is 9.59 Å². The van der Waals surface area contributed by atoms with Gasteiger partial charge < -0.3 is 0 Å². The van der Waals surface area contributed by atoms with Gasteiger partial charge in [-0.15, -0.1) is 0 Å². The summed E-state index contributed by atoms with van der Waals surface area (Å²) in [6, 6.07) is 21.0. The van der Waals surface area contributed by atoms with Crippen LogP contribution in [0.25, 0.3) is 0 Å². The van der Waals surface area contributed by atoms with Crippen molar-refractivity contribution in [1.82, 2.24) is 0 Å². The highest BCUT2D eigenvalue weighted by Crippen LogP contribution is 2.79. The van der Waals surface area contributed by atoms with Crippen LogP contribution in [0.4, 0.5) is 11.4 Å². The molecule has 0 unspecified atom stereocenters. The minimum Gasteiger partial charge on any atom is -0.271 e. The zero-order valence-corrected chi connectivity index (χ0v) is 21.5. The van der Waals surface area contributed by atoms with Crippen molar-refractivity contribution in [1.29, 1.82) is 0 Å². The van der Waals surface area contributed by atoms with Gasteiger partial charge in [0.15, 0.2) is 0 Å². The molecule has 9 heteroatoms. The van der Waals surface area contributed by atoms with Gasteiger partial charge in [-0.25, -0.2) is 0 Å². The highest BCUT2D eigenvalue weighted by Gasteiger charge is 2.91. The predicted octanol–water partition coefficient (Wildman–Crippen LogP) is 6.56. The Morgan fingerprint density at radius 1 is 0.667 bits per heavy atom. The first kappa shape index (κ1) is 23.2. The van der Waals surface area contributed by atoms with E-state index in [-0.39, 0.29) is 11.8 Å². The molecule has 2 heterocycles. The number of halogens is 3. The molecule has 1 aliphatic carbocycles. The monoisotopic (exact) mass is 536 g/mol. The Balaban J connectivity index is 1.53. The second-order valence-corrected chi connectivity index (χ2v) is 10.4. The lowest BCUT2D eigenvalue weighted by Gasteiger charge is -2.19. The van der Waals surface area contributed by atoms with Crippen molar-refractivity contribution in [2.75, 3.05) is 10.0 Å². The Morgan fingerprint density at radius 2 is 1.08 bits per heavy atom. The van der Waals surface area contributed by atoms with Gasteiger partial charge in [0.2, 0.25) is 0 Å². The van der Waals surface area contributed by atoms with Crippen molar-refractivity contribution in [2.24, 2.45) is 21.0 Å². The summed E-state index contributed by atoms with van der Waals surface area (Å²) in [4.78, 5) is 28.6. The number of hydrogen-bond donors (Lipinski definition) is 0. The largest absolute Gasteiger partial charge is 0.271 e. The summed E-state index contributed by atoms with van der Waals surface area (Å²) in [6.45, 7) is 3.58. The molecule has 0 N–H and O–H groups in total. The van der Waals surface area contributed by atoms with Crippen molar-refractivity contribution in [3.63, 3.8) is 0 Å². The van der Waals surface area contributed by atoms with Gasteiger partial charge in [-0.3, -0.25) is 9.59 Å². The van der Waals surface area contributed by atoms with Crippen LogP contribution in [0, 0.1) is 10.8 Å². The molecule has 2 spiro atoms. The molecule has 2 atom stereocenters. The first-order valence-corrected chi connectivity index (χ1v) is 12.4. The number of hydrazone groups is 2. The molecule has 3 aromatic rings. The number of rotatable bonds is 3. The number of carbonyl (C=O) groups excluding carboxylic acids is 2. The maximum atomic E-state index is 14.3. The van der Waals surface area contributed by atoms with E-state index in [0.29, 0.717) is 43.4 Å². The average Bonchev–Trinajstić information content (AvgIpc) is 3.33. The highest BCUT2D eigenvalue weighted by molar-refractivity contribution is 6.38. The Bertz CT molecular complexity index is 1410. The molecule has 6 rings (SSSR count). The minimum absolute atomic E-state index is 0.298. The lowest BCUT2D eigenvalue weighted by Crippen LogP contribution is -2.40. The molecular weight excluding hydrogens is 519 g/mol. The molecule has 0 aromatic heterocycles. The van der Waals surface area contributed by atoms with E-state index in [1.807, 2.05) is 18.2 Å². The van der Waals surface area contributed by atoms with Gasteiger partial charge in [-0.2, -0.15) is 20.2 Å². The van der Waals surface area contributed by atoms with Crippen LogP contribution in [-0.2, 0) is 9.59 Å². The summed E-state index contributed by atoms with van der Waals surface area (Å²) in [5, 5.41) is 13.6. The molecule has 2 amide bonds. The predicted molar refractivity (Wildman–Crippen MR) is 143 cm³/mol. The zero-order chi connectivity index (χ0) is 25.4. The fourth-order valence-corrected chi connectivity index (χ4v) is 6.43. The molecule has 180 valence electrons. The molecule has 36 heavy (non-hydrogen) atoms. The van der Waals surface area contributed by atoms with Crippen LogP contribution in [-0.4, -0.2) is 23.2 Å². The topological polar surface area (TPSA) is 65.3 Å². The summed E-state index contributed by atoms with van der Waals surface area (Å²) in [5.74, 6) is -1.16. The smallest absolute Gasteiger partial charge is 0.261 e. The van der Waals surface area contributed by atoms with Crippen LogP contribution in [0.1, 0.15) is 25.3 Å². The van der Waals surface area contributed by atoms with Gasteiger partial charge in [0.1, 0.15) is 10.8 Å². The first-order valence-electron chi connectivity index (χ1n) is 11.3. The van der Waals surface area contributed by atoms with E-state index in [4.69, 9.17) is 34.8 Å². The zero-order valence-electron chi connectivity index (χ0n) is 19.2. The molecule has 0 saturated heterocycles. The number of benzene rings is 3. The standard InChI is InChI=1S/C27H19Cl3N4O2/c1-15-26(24(35)33(31-15)19-11-7-17(28)8-12-19)23(21-5-3-4-6-22(21)30)27(26)16(2)32-34(25(27)36)20-13-9-18(29)10-14-20/h3-14,23H,1-2H3/t26-,27-/m1/s1. The van der Waals surface area contributed by atoms with E-state index in [1.165, 1.54) is 10.0 Å². The van der Waals surface area contributed by atoms with E-state index in [0.717, 1.165) is 0 Å². The Hall–Kier alpha value is -3.19. The van der Waals surface area contributed by atoms with Crippen LogP contribution in [0.5, 0.6) is 0 Å². The number of anilines is 2. The fraction of sp³-hybridized carbons (Fsp3) is 0.185. The summed E-state index contributed by atoms with van der Waals surface area (Å²) >= 11 is 18.8. The van der Waals surface area contributed by atoms with Gasteiger partial charge in [0.05, 0.1) is 22.8 Å². The number of fused-ring (bicyclic) bond motifs is 1. The number of hydrogen-bond acceptors (Lipinski definition) is 4.